The fourth-order valence-electron chi connectivity index (χ4n) is 1.31. The zero-order valence-corrected chi connectivity index (χ0v) is 11.8. The van der Waals surface area contributed by atoms with Crippen LogP contribution < -0.4 is 0 Å². The Kier molecular flexibility index (Phi) is 5.15. The van der Waals surface area contributed by atoms with Crippen LogP contribution in [0, 0.1) is 0 Å². The smallest absolute Gasteiger partial charge is 0.339 e. The van der Waals surface area contributed by atoms with E-state index in [2.05, 4.69) is 36.6 Å². The highest BCUT2D eigenvalue weighted by atomic mass is 79.9. The van der Waals surface area contributed by atoms with E-state index in [9.17, 15) is 9.59 Å². The highest BCUT2D eigenvalue weighted by molar-refractivity contribution is 9.10. The van der Waals surface area contributed by atoms with Crippen LogP contribution in [0.2, 0.25) is 0 Å². The van der Waals surface area contributed by atoms with Crippen molar-refractivity contribution in [2.45, 2.75) is 6.42 Å². The third-order valence-electron chi connectivity index (χ3n) is 2.03. The van der Waals surface area contributed by atoms with Gasteiger partial charge in [0.25, 0.3) is 0 Å². The topological polar surface area (TPSA) is 43.4 Å². The molecule has 3 nitrogen and oxygen atoms in total. The zero-order valence-electron chi connectivity index (χ0n) is 8.63. The molecule has 1 rings (SSSR count). The quantitative estimate of drug-likeness (QED) is 0.620. The molecule has 0 heterocycles. The van der Waals surface area contributed by atoms with Crippen molar-refractivity contribution in [1.29, 1.82) is 0 Å². The SMILES string of the molecule is COC(=O)c1c(Br)cccc1CC(=O)CBr. The van der Waals surface area contributed by atoms with E-state index < -0.39 is 5.97 Å². The summed E-state index contributed by atoms with van der Waals surface area (Å²) < 4.78 is 5.32. The summed E-state index contributed by atoms with van der Waals surface area (Å²) in [5.74, 6) is -0.423. The molecule has 0 N–H and O–H groups in total. The van der Waals surface area contributed by atoms with E-state index in [-0.39, 0.29) is 17.5 Å². The molecule has 1 aromatic rings. The second-order valence-corrected chi connectivity index (χ2v) is 4.53. The Bertz CT molecular complexity index is 416. The van der Waals surface area contributed by atoms with Crippen molar-refractivity contribution in [1.82, 2.24) is 0 Å². The molecule has 0 bridgehead atoms. The van der Waals surface area contributed by atoms with E-state index in [1.165, 1.54) is 7.11 Å². The molecule has 5 heteroatoms. The van der Waals surface area contributed by atoms with E-state index in [0.29, 0.717) is 15.6 Å². The summed E-state index contributed by atoms with van der Waals surface area (Å²) in [4.78, 5) is 22.9. The summed E-state index contributed by atoms with van der Waals surface area (Å²) in [5.41, 5.74) is 1.09. The van der Waals surface area contributed by atoms with Crippen LogP contribution >= 0.6 is 31.9 Å². The minimum Gasteiger partial charge on any atom is -0.465 e. The van der Waals surface area contributed by atoms with Crippen molar-refractivity contribution in [2.24, 2.45) is 0 Å². The van der Waals surface area contributed by atoms with Gasteiger partial charge in [0, 0.05) is 10.9 Å². The van der Waals surface area contributed by atoms with Gasteiger partial charge in [-0.25, -0.2) is 4.79 Å². The Morgan fingerprint density at radius 3 is 2.62 bits per heavy atom. The van der Waals surface area contributed by atoms with Crippen LogP contribution in [-0.2, 0) is 16.0 Å². The summed E-state index contributed by atoms with van der Waals surface area (Å²) in [6, 6.07) is 5.28. The summed E-state index contributed by atoms with van der Waals surface area (Å²) >= 11 is 6.37. The summed E-state index contributed by atoms with van der Waals surface area (Å²) in [6.45, 7) is 0. The molecule has 0 fully saturated rings. The molecule has 0 saturated heterocycles. The summed E-state index contributed by atoms with van der Waals surface area (Å²) in [6.07, 6.45) is 0.217. The molecule has 86 valence electrons. The maximum atomic E-state index is 11.5. The molecule has 16 heavy (non-hydrogen) atoms. The molecule has 0 aliphatic carbocycles. The molecule has 0 aliphatic heterocycles. The minimum absolute atomic E-state index is 0.0169. The fourth-order valence-corrected chi connectivity index (χ4v) is 2.07. The van der Waals surface area contributed by atoms with Crippen LogP contribution in [0.3, 0.4) is 0 Å². The van der Waals surface area contributed by atoms with Crippen molar-refractivity contribution < 1.29 is 14.3 Å². The molecule has 0 atom stereocenters. The van der Waals surface area contributed by atoms with Crippen molar-refractivity contribution in [3.8, 4) is 0 Å². The number of Topliss-reactive ketones (excluding diaryl/α,β-unsaturated/α-hetero) is 1. The molecule has 0 saturated carbocycles. The lowest BCUT2D eigenvalue weighted by molar-refractivity contribution is -0.115. The predicted octanol–water partition coefficient (Wildman–Crippen LogP) is 2.74. The van der Waals surface area contributed by atoms with Crippen LogP contribution in [0.15, 0.2) is 22.7 Å². The van der Waals surface area contributed by atoms with Gasteiger partial charge in [-0.2, -0.15) is 0 Å². The minimum atomic E-state index is -0.440. The number of carbonyl (C=O) groups is 2. The first-order valence-electron chi connectivity index (χ1n) is 4.53. The van der Waals surface area contributed by atoms with Gasteiger partial charge in [-0.15, -0.1) is 0 Å². The second-order valence-electron chi connectivity index (χ2n) is 3.11. The van der Waals surface area contributed by atoms with Gasteiger partial charge in [0.2, 0.25) is 0 Å². The standard InChI is InChI=1S/C11H10Br2O3/c1-16-11(15)10-7(5-8(14)6-12)3-2-4-9(10)13/h2-4H,5-6H2,1H3. The van der Waals surface area contributed by atoms with Crippen LogP contribution in [0.25, 0.3) is 0 Å². The number of esters is 1. The third kappa shape index (κ3) is 3.15. The molecule has 0 unspecified atom stereocenters. The first-order valence-corrected chi connectivity index (χ1v) is 6.45. The number of ketones is 1. The lowest BCUT2D eigenvalue weighted by atomic mass is 10.0. The summed E-state index contributed by atoms with van der Waals surface area (Å²) in [7, 11) is 1.32. The van der Waals surface area contributed by atoms with Crippen LogP contribution in [0.4, 0.5) is 0 Å². The van der Waals surface area contributed by atoms with Crippen LogP contribution in [-0.4, -0.2) is 24.2 Å². The molecule has 0 radical (unpaired) electrons. The van der Waals surface area contributed by atoms with E-state index in [1.807, 2.05) is 0 Å². The van der Waals surface area contributed by atoms with Gasteiger partial charge in [-0.3, -0.25) is 4.79 Å². The number of ether oxygens (including phenoxy) is 1. The average Bonchev–Trinajstić information content (AvgIpc) is 2.28. The van der Waals surface area contributed by atoms with Gasteiger partial charge < -0.3 is 4.74 Å². The number of methoxy groups -OCH3 is 1. The van der Waals surface area contributed by atoms with Gasteiger partial charge >= 0.3 is 5.97 Å². The highest BCUT2D eigenvalue weighted by Crippen LogP contribution is 2.22. The van der Waals surface area contributed by atoms with E-state index in [1.54, 1.807) is 18.2 Å². The van der Waals surface area contributed by atoms with Gasteiger partial charge in [-0.05, 0) is 27.6 Å². The molecule has 0 aliphatic rings. The average molecular weight is 350 g/mol. The van der Waals surface area contributed by atoms with Crippen LogP contribution in [0.1, 0.15) is 15.9 Å². The van der Waals surface area contributed by atoms with Crippen molar-refractivity contribution in [2.75, 3.05) is 12.4 Å². The van der Waals surface area contributed by atoms with Crippen molar-refractivity contribution in [3.63, 3.8) is 0 Å². The molecule has 0 spiro atoms. The number of carbonyl (C=O) groups excluding carboxylic acids is 2. The number of halogens is 2. The van der Waals surface area contributed by atoms with E-state index >= 15 is 0 Å². The van der Waals surface area contributed by atoms with E-state index in [4.69, 9.17) is 0 Å². The monoisotopic (exact) mass is 348 g/mol. The summed E-state index contributed by atoms with van der Waals surface area (Å²) in [5, 5.41) is 0.278. The number of alkyl halides is 1. The number of benzene rings is 1. The van der Waals surface area contributed by atoms with Gasteiger partial charge in [0.1, 0.15) is 5.78 Å². The van der Waals surface area contributed by atoms with Gasteiger partial charge in [-0.1, -0.05) is 28.1 Å². The Hall–Kier alpha value is -0.680. The third-order valence-corrected chi connectivity index (χ3v) is 3.31. The highest BCUT2D eigenvalue weighted by Gasteiger charge is 2.16. The zero-order chi connectivity index (χ0) is 12.1. The second kappa shape index (κ2) is 6.15. The van der Waals surface area contributed by atoms with Crippen molar-refractivity contribution >= 4 is 43.6 Å². The molecular formula is C11H10Br2O3. The van der Waals surface area contributed by atoms with E-state index in [0.717, 1.165) is 0 Å². The molecule has 0 aromatic heterocycles. The Balaban J connectivity index is 3.12. The lowest BCUT2D eigenvalue weighted by Crippen LogP contribution is -2.11. The fraction of sp³-hybridized carbons (Fsp3) is 0.273. The van der Waals surface area contributed by atoms with Crippen LogP contribution in [0.5, 0.6) is 0 Å². The number of hydrogen-bond acceptors (Lipinski definition) is 3. The molecule has 0 amide bonds. The largest absolute Gasteiger partial charge is 0.465 e. The molecular weight excluding hydrogens is 340 g/mol. The normalized spacial score (nSPS) is 9.94. The van der Waals surface area contributed by atoms with Crippen molar-refractivity contribution in [3.05, 3.63) is 33.8 Å². The Morgan fingerprint density at radius 2 is 2.06 bits per heavy atom. The maximum Gasteiger partial charge on any atom is 0.339 e. The van der Waals surface area contributed by atoms with Gasteiger partial charge in [0.15, 0.2) is 0 Å². The Morgan fingerprint density at radius 1 is 1.38 bits per heavy atom. The molecule has 1 aromatic carbocycles. The Labute approximate surface area is 110 Å². The number of rotatable bonds is 4. The lowest BCUT2D eigenvalue weighted by Gasteiger charge is -2.08. The maximum absolute atomic E-state index is 11.5. The van der Waals surface area contributed by atoms with Gasteiger partial charge in [0.05, 0.1) is 18.0 Å². The number of hydrogen-bond donors (Lipinski definition) is 0. The predicted molar refractivity (Wildman–Crippen MR) is 68.0 cm³/mol. The first-order chi connectivity index (χ1) is 7.60. The first kappa shape index (κ1) is 13.4.